The Kier molecular flexibility index (Phi) is 4.13. The Bertz CT molecular complexity index is 427. The Labute approximate surface area is 108 Å². The molecule has 1 saturated heterocycles. The van der Waals surface area contributed by atoms with E-state index in [1.54, 1.807) is 7.05 Å². The Morgan fingerprint density at radius 1 is 1.22 bits per heavy atom. The van der Waals surface area contributed by atoms with Gasteiger partial charge in [0.15, 0.2) is 0 Å². The SMILES string of the molecule is CN1C(=O)CCC(CCCc2ccccc2)C1=O. The lowest BCUT2D eigenvalue weighted by Gasteiger charge is -2.27. The molecule has 1 aliphatic heterocycles. The monoisotopic (exact) mass is 245 g/mol. The Morgan fingerprint density at radius 3 is 2.67 bits per heavy atom. The Morgan fingerprint density at radius 2 is 1.94 bits per heavy atom. The molecule has 18 heavy (non-hydrogen) atoms. The van der Waals surface area contributed by atoms with E-state index in [1.165, 1.54) is 10.5 Å². The average molecular weight is 245 g/mol. The molecule has 2 amide bonds. The van der Waals surface area contributed by atoms with Crippen LogP contribution in [0.3, 0.4) is 0 Å². The fourth-order valence-corrected chi connectivity index (χ4v) is 2.45. The van der Waals surface area contributed by atoms with Crippen molar-refractivity contribution in [3.05, 3.63) is 35.9 Å². The van der Waals surface area contributed by atoms with Gasteiger partial charge in [-0.2, -0.15) is 0 Å². The van der Waals surface area contributed by atoms with Crippen LogP contribution in [-0.2, 0) is 16.0 Å². The van der Waals surface area contributed by atoms with E-state index in [0.29, 0.717) is 6.42 Å². The molecule has 1 heterocycles. The zero-order valence-electron chi connectivity index (χ0n) is 10.8. The molecular formula is C15H19NO2. The van der Waals surface area contributed by atoms with E-state index in [2.05, 4.69) is 12.1 Å². The van der Waals surface area contributed by atoms with Crippen molar-refractivity contribution in [2.24, 2.45) is 5.92 Å². The van der Waals surface area contributed by atoms with Crippen molar-refractivity contribution in [2.75, 3.05) is 7.05 Å². The van der Waals surface area contributed by atoms with Gasteiger partial charge in [0.05, 0.1) is 0 Å². The van der Waals surface area contributed by atoms with E-state index >= 15 is 0 Å². The first-order valence-electron chi connectivity index (χ1n) is 6.53. The van der Waals surface area contributed by atoms with Crippen molar-refractivity contribution in [3.8, 4) is 0 Å². The van der Waals surface area contributed by atoms with Crippen LogP contribution in [0.15, 0.2) is 30.3 Å². The molecule has 1 aromatic rings. The van der Waals surface area contributed by atoms with Crippen LogP contribution in [0.4, 0.5) is 0 Å². The van der Waals surface area contributed by atoms with Crippen molar-refractivity contribution in [1.29, 1.82) is 0 Å². The van der Waals surface area contributed by atoms with Crippen LogP contribution in [0.25, 0.3) is 0 Å². The molecule has 1 fully saturated rings. The van der Waals surface area contributed by atoms with Gasteiger partial charge in [0, 0.05) is 19.4 Å². The van der Waals surface area contributed by atoms with Crippen molar-refractivity contribution < 1.29 is 9.59 Å². The molecule has 0 saturated carbocycles. The summed E-state index contributed by atoms with van der Waals surface area (Å²) in [5, 5.41) is 0. The summed E-state index contributed by atoms with van der Waals surface area (Å²) in [6, 6.07) is 10.3. The minimum Gasteiger partial charge on any atom is -0.286 e. The van der Waals surface area contributed by atoms with Crippen LogP contribution >= 0.6 is 0 Å². The summed E-state index contributed by atoms with van der Waals surface area (Å²) < 4.78 is 0. The van der Waals surface area contributed by atoms with Crippen LogP contribution in [0, 0.1) is 5.92 Å². The van der Waals surface area contributed by atoms with Gasteiger partial charge in [-0.05, 0) is 31.2 Å². The third kappa shape index (κ3) is 2.97. The van der Waals surface area contributed by atoms with Crippen LogP contribution in [0.2, 0.25) is 0 Å². The topological polar surface area (TPSA) is 37.4 Å². The van der Waals surface area contributed by atoms with Gasteiger partial charge in [0.25, 0.3) is 0 Å². The number of aryl methyl sites for hydroxylation is 1. The van der Waals surface area contributed by atoms with Gasteiger partial charge in [0.1, 0.15) is 0 Å². The fraction of sp³-hybridized carbons (Fsp3) is 0.467. The van der Waals surface area contributed by atoms with Gasteiger partial charge in [-0.15, -0.1) is 0 Å². The zero-order valence-corrected chi connectivity index (χ0v) is 10.8. The van der Waals surface area contributed by atoms with E-state index in [4.69, 9.17) is 0 Å². The standard InChI is InChI=1S/C15H19NO2/c1-16-14(17)11-10-13(15(16)18)9-5-8-12-6-3-2-4-7-12/h2-4,6-7,13H,5,8-11H2,1H3. The van der Waals surface area contributed by atoms with Gasteiger partial charge in [-0.25, -0.2) is 0 Å². The molecule has 1 atom stereocenters. The first kappa shape index (κ1) is 12.8. The molecule has 1 aromatic carbocycles. The highest BCUT2D eigenvalue weighted by Gasteiger charge is 2.30. The highest BCUT2D eigenvalue weighted by atomic mass is 16.2. The third-order valence-corrected chi connectivity index (χ3v) is 3.62. The predicted octanol–water partition coefficient (Wildman–Crippen LogP) is 2.40. The molecule has 0 bridgehead atoms. The summed E-state index contributed by atoms with van der Waals surface area (Å²) >= 11 is 0. The smallest absolute Gasteiger partial charge is 0.232 e. The summed E-state index contributed by atoms with van der Waals surface area (Å²) in [4.78, 5) is 24.5. The number of hydrogen-bond acceptors (Lipinski definition) is 2. The van der Waals surface area contributed by atoms with Crippen molar-refractivity contribution in [2.45, 2.75) is 32.1 Å². The number of nitrogens with zero attached hydrogens (tertiary/aromatic N) is 1. The number of carbonyl (C=O) groups excluding carboxylic acids is 2. The number of piperidine rings is 1. The molecule has 0 N–H and O–H groups in total. The van der Waals surface area contributed by atoms with Crippen molar-refractivity contribution >= 4 is 11.8 Å². The van der Waals surface area contributed by atoms with E-state index in [0.717, 1.165) is 25.7 Å². The number of likely N-dealkylation sites (tertiary alicyclic amines) is 1. The zero-order chi connectivity index (χ0) is 13.0. The summed E-state index contributed by atoms with van der Waals surface area (Å²) in [5.41, 5.74) is 1.31. The molecule has 1 aliphatic rings. The predicted molar refractivity (Wildman–Crippen MR) is 69.9 cm³/mol. The van der Waals surface area contributed by atoms with Crippen LogP contribution < -0.4 is 0 Å². The van der Waals surface area contributed by atoms with E-state index in [-0.39, 0.29) is 17.7 Å². The second-order valence-electron chi connectivity index (χ2n) is 4.90. The highest BCUT2D eigenvalue weighted by molar-refractivity contribution is 5.98. The quantitative estimate of drug-likeness (QED) is 0.764. The molecule has 0 aliphatic carbocycles. The van der Waals surface area contributed by atoms with E-state index in [9.17, 15) is 9.59 Å². The maximum absolute atomic E-state index is 11.9. The second-order valence-corrected chi connectivity index (χ2v) is 4.90. The number of benzene rings is 1. The first-order valence-corrected chi connectivity index (χ1v) is 6.53. The molecular weight excluding hydrogens is 226 g/mol. The van der Waals surface area contributed by atoms with Crippen LogP contribution in [0.1, 0.15) is 31.2 Å². The maximum Gasteiger partial charge on any atom is 0.232 e. The Hall–Kier alpha value is -1.64. The molecule has 96 valence electrons. The molecule has 3 heteroatoms. The van der Waals surface area contributed by atoms with Crippen LogP contribution in [0.5, 0.6) is 0 Å². The van der Waals surface area contributed by atoms with E-state index < -0.39 is 0 Å². The highest BCUT2D eigenvalue weighted by Crippen LogP contribution is 2.23. The lowest BCUT2D eigenvalue weighted by atomic mass is 9.91. The number of carbonyl (C=O) groups is 2. The Balaban J connectivity index is 1.80. The molecule has 0 spiro atoms. The van der Waals surface area contributed by atoms with E-state index in [1.807, 2.05) is 18.2 Å². The van der Waals surface area contributed by atoms with Gasteiger partial charge in [-0.3, -0.25) is 14.5 Å². The van der Waals surface area contributed by atoms with Gasteiger partial charge < -0.3 is 0 Å². The first-order chi connectivity index (χ1) is 8.68. The lowest BCUT2D eigenvalue weighted by molar-refractivity contribution is -0.150. The summed E-state index contributed by atoms with van der Waals surface area (Å²) in [6.07, 6.45) is 4.12. The minimum absolute atomic E-state index is 0.000637. The molecule has 2 rings (SSSR count). The molecule has 3 nitrogen and oxygen atoms in total. The number of rotatable bonds is 4. The van der Waals surface area contributed by atoms with Gasteiger partial charge in [0.2, 0.25) is 11.8 Å². The maximum atomic E-state index is 11.9. The number of amides is 2. The number of hydrogen-bond donors (Lipinski definition) is 0. The normalized spacial score (nSPS) is 20.3. The fourth-order valence-electron chi connectivity index (χ4n) is 2.45. The van der Waals surface area contributed by atoms with Crippen LogP contribution in [-0.4, -0.2) is 23.8 Å². The molecule has 1 unspecified atom stereocenters. The van der Waals surface area contributed by atoms with Crippen molar-refractivity contribution in [3.63, 3.8) is 0 Å². The molecule has 0 radical (unpaired) electrons. The second kappa shape index (κ2) is 5.80. The summed E-state index contributed by atoms with van der Waals surface area (Å²) in [5.74, 6) is -0.00460. The largest absolute Gasteiger partial charge is 0.286 e. The average Bonchev–Trinajstić information content (AvgIpc) is 2.40. The lowest BCUT2D eigenvalue weighted by Crippen LogP contribution is -2.42. The third-order valence-electron chi connectivity index (χ3n) is 3.62. The number of imide groups is 1. The van der Waals surface area contributed by atoms with Gasteiger partial charge >= 0.3 is 0 Å². The summed E-state index contributed by atoms with van der Waals surface area (Å²) in [6.45, 7) is 0. The van der Waals surface area contributed by atoms with Gasteiger partial charge in [-0.1, -0.05) is 30.3 Å². The summed E-state index contributed by atoms with van der Waals surface area (Å²) in [7, 11) is 1.59. The minimum atomic E-state index is -0.0423. The molecule has 0 aromatic heterocycles. The van der Waals surface area contributed by atoms with Crippen molar-refractivity contribution in [1.82, 2.24) is 4.90 Å².